The molecule has 1 aromatic rings. The zero-order valence-corrected chi connectivity index (χ0v) is 13.8. The van der Waals surface area contributed by atoms with Gasteiger partial charge in [-0.15, -0.1) is 0 Å². The van der Waals surface area contributed by atoms with Crippen LogP contribution in [0, 0.1) is 5.41 Å². The molecule has 0 aliphatic carbocycles. The molecule has 1 aliphatic heterocycles. The van der Waals surface area contributed by atoms with Crippen molar-refractivity contribution in [1.82, 2.24) is 4.90 Å². The van der Waals surface area contributed by atoms with E-state index < -0.39 is 0 Å². The first-order valence-electron chi connectivity index (χ1n) is 7.04. The Morgan fingerprint density at radius 3 is 2.65 bits per heavy atom. The van der Waals surface area contributed by atoms with Crippen LogP contribution in [0.15, 0.2) is 18.2 Å². The summed E-state index contributed by atoms with van der Waals surface area (Å²) in [5.74, 6) is 0.488. The van der Waals surface area contributed by atoms with Crippen molar-refractivity contribution in [2.24, 2.45) is 5.41 Å². The molecular formula is C16H21Cl2NO. The fourth-order valence-corrected chi connectivity index (χ4v) is 3.19. The number of nitrogens with zero attached hydrogens (tertiary/aromatic N) is 1. The van der Waals surface area contributed by atoms with Crippen LogP contribution >= 0.6 is 23.2 Å². The van der Waals surface area contributed by atoms with Gasteiger partial charge in [-0.3, -0.25) is 4.79 Å². The SMILES string of the molecule is CC(C)(C)C(=O)N1CCCC(c2cccc(Cl)c2Cl)C1. The molecule has 1 amide bonds. The highest BCUT2D eigenvalue weighted by Crippen LogP contribution is 2.36. The Morgan fingerprint density at radius 1 is 1.30 bits per heavy atom. The fourth-order valence-electron chi connectivity index (χ4n) is 2.73. The summed E-state index contributed by atoms with van der Waals surface area (Å²) in [5, 5.41) is 1.22. The van der Waals surface area contributed by atoms with Crippen molar-refractivity contribution in [3.8, 4) is 0 Å². The predicted molar refractivity (Wildman–Crippen MR) is 84.5 cm³/mol. The molecule has 0 saturated carbocycles. The molecule has 0 bridgehead atoms. The van der Waals surface area contributed by atoms with Gasteiger partial charge in [-0.2, -0.15) is 0 Å². The summed E-state index contributed by atoms with van der Waals surface area (Å²) in [4.78, 5) is 14.4. The third kappa shape index (κ3) is 3.29. The standard InChI is InChI=1S/C16H21Cl2NO/c1-16(2,3)15(20)19-9-5-6-11(10-19)12-7-4-8-13(17)14(12)18/h4,7-8,11H,5-6,9-10H2,1-3H3. The molecule has 1 unspecified atom stereocenters. The topological polar surface area (TPSA) is 20.3 Å². The van der Waals surface area contributed by atoms with E-state index in [1.807, 2.05) is 37.8 Å². The Labute approximate surface area is 131 Å². The monoisotopic (exact) mass is 313 g/mol. The zero-order valence-electron chi connectivity index (χ0n) is 12.2. The molecule has 2 nitrogen and oxygen atoms in total. The van der Waals surface area contributed by atoms with Crippen molar-refractivity contribution in [2.75, 3.05) is 13.1 Å². The number of halogens is 2. The average molecular weight is 314 g/mol. The van der Waals surface area contributed by atoms with E-state index in [1.54, 1.807) is 6.07 Å². The van der Waals surface area contributed by atoms with Gasteiger partial charge < -0.3 is 4.90 Å². The lowest BCUT2D eigenvalue weighted by molar-refractivity contribution is -0.140. The maximum atomic E-state index is 12.4. The van der Waals surface area contributed by atoms with Crippen molar-refractivity contribution in [2.45, 2.75) is 39.5 Å². The van der Waals surface area contributed by atoms with Crippen molar-refractivity contribution in [3.63, 3.8) is 0 Å². The number of hydrogen-bond acceptors (Lipinski definition) is 1. The molecule has 1 atom stereocenters. The van der Waals surface area contributed by atoms with Crippen molar-refractivity contribution >= 4 is 29.1 Å². The highest BCUT2D eigenvalue weighted by molar-refractivity contribution is 6.42. The fraction of sp³-hybridized carbons (Fsp3) is 0.562. The van der Waals surface area contributed by atoms with Crippen LogP contribution < -0.4 is 0 Å². The van der Waals surface area contributed by atoms with E-state index >= 15 is 0 Å². The van der Waals surface area contributed by atoms with Crippen LogP contribution in [-0.4, -0.2) is 23.9 Å². The smallest absolute Gasteiger partial charge is 0.227 e. The quantitative estimate of drug-likeness (QED) is 0.733. The predicted octanol–water partition coefficient (Wildman–Crippen LogP) is 4.75. The van der Waals surface area contributed by atoms with Crippen molar-refractivity contribution in [3.05, 3.63) is 33.8 Å². The van der Waals surface area contributed by atoms with E-state index in [2.05, 4.69) is 0 Å². The van der Waals surface area contributed by atoms with E-state index in [4.69, 9.17) is 23.2 Å². The Balaban J connectivity index is 2.19. The normalized spacial score (nSPS) is 20.1. The second-order valence-corrected chi connectivity index (χ2v) is 7.27. The largest absolute Gasteiger partial charge is 0.342 e. The molecule has 0 aromatic heterocycles. The summed E-state index contributed by atoms with van der Waals surface area (Å²) in [6.45, 7) is 7.46. The van der Waals surface area contributed by atoms with Crippen LogP contribution in [0.5, 0.6) is 0 Å². The van der Waals surface area contributed by atoms with Crippen LogP contribution in [0.3, 0.4) is 0 Å². The number of benzene rings is 1. The van der Waals surface area contributed by atoms with Crippen LogP contribution in [0.25, 0.3) is 0 Å². The summed E-state index contributed by atoms with van der Waals surface area (Å²) in [6.07, 6.45) is 2.06. The maximum Gasteiger partial charge on any atom is 0.227 e. The molecule has 2 rings (SSSR count). The molecule has 4 heteroatoms. The highest BCUT2D eigenvalue weighted by atomic mass is 35.5. The van der Waals surface area contributed by atoms with E-state index in [0.29, 0.717) is 10.0 Å². The minimum absolute atomic E-state index is 0.209. The Kier molecular flexibility index (Phi) is 4.66. The molecule has 0 N–H and O–H groups in total. The summed E-state index contributed by atoms with van der Waals surface area (Å²) in [7, 11) is 0. The lowest BCUT2D eigenvalue weighted by Crippen LogP contribution is -2.44. The van der Waals surface area contributed by atoms with Crippen LogP contribution in [0.2, 0.25) is 10.0 Å². The number of hydrogen-bond donors (Lipinski definition) is 0. The maximum absolute atomic E-state index is 12.4. The molecule has 0 radical (unpaired) electrons. The van der Waals surface area contributed by atoms with Gasteiger partial charge in [0.25, 0.3) is 0 Å². The number of carbonyl (C=O) groups is 1. The van der Waals surface area contributed by atoms with Gasteiger partial charge in [0, 0.05) is 24.4 Å². The van der Waals surface area contributed by atoms with Crippen molar-refractivity contribution < 1.29 is 4.79 Å². The summed E-state index contributed by atoms with van der Waals surface area (Å²) in [5.41, 5.74) is 0.727. The molecule has 110 valence electrons. The van der Waals surface area contributed by atoms with E-state index in [-0.39, 0.29) is 17.2 Å². The van der Waals surface area contributed by atoms with Gasteiger partial charge in [-0.1, -0.05) is 56.1 Å². The average Bonchev–Trinajstić information content (AvgIpc) is 2.40. The first-order chi connectivity index (χ1) is 9.30. The third-order valence-corrected chi connectivity index (χ3v) is 4.61. The lowest BCUT2D eigenvalue weighted by Gasteiger charge is -2.37. The lowest BCUT2D eigenvalue weighted by atomic mass is 9.88. The zero-order chi connectivity index (χ0) is 14.9. The van der Waals surface area contributed by atoms with Crippen LogP contribution in [0.4, 0.5) is 0 Å². The van der Waals surface area contributed by atoms with Gasteiger partial charge in [0.15, 0.2) is 0 Å². The Hall–Kier alpha value is -0.730. The number of likely N-dealkylation sites (tertiary alicyclic amines) is 1. The van der Waals surface area contributed by atoms with Crippen LogP contribution in [0.1, 0.15) is 45.1 Å². The van der Waals surface area contributed by atoms with E-state index in [9.17, 15) is 4.79 Å². The Bertz CT molecular complexity index is 508. The van der Waals surface area contributed by atoms with E-state index in [0.717, 1.165) is 31.5 Å². The van der Waals surface area contributed by atoms with Crippen LogP contribution in [-0.2, 0) is 4.79 Å². The molecule has 1 fully saturated rings. The number of rotatable bonds is 1. The summed E-state index contributed by atoms with van der Waals surface area (Å²) < 4.78 is 0. The first-order valence-corrected chi connectivity index (χ1v) is 7.79. The second-order valence-electron chi connectivity index (χ2n) is 6.48. The molecular weight excluding hydrogens is 293 g/mol. The molecule has 0 spiro atoms. The molecule has 1 aliphatic rings. The first kappa shape index (κ1) is 15.7. The second kappa shape index (κ2) is 5.95. The number of carbonyl (C=O) groups excluding carboxylic acids is 1. The minimum Gasteiger partial charge on any atom is -0.342 e. The molecule has 1 heterocycles. The number of piperidine rings is 1. The van der Waals surface area contributed by atoms with Gasteiger partial charge in [-0.05, 0) is 24.5 Å². The van der Waals surface area contributed by atoms with Gasteiger partial charge in [-0.25, -0.2) is 0 Å². The van der Waals surface area contributed by atoms with Gasteiger partial charge in [0.2, 0.25) is 5.91 Å². The van der Waals surface area contributed by atoms with Gasteiger partial charge in [0.1, 0.15) is 0 Å². The highest BCUT2D eigenvalue weighted by Gasteiger charge is 2.32. The van der Waals surface area contributed by atoms with E-state index in [1.165, 1.54) is 0 Å². The third-order valence-electron chi connectivity index (χ3n) is 3.77. The molecule has 1 saturated heterocycles. The van der Waals surface area contributed by atoms with Gasteiger partial charge in [0.05, 0.1) is 10.0 Å². The summed E-state index contributed by atoms with van der Waals surface area (Å²) in [6, 6.07) is 5.74. The summed E-state index contributed by atoms with van der Waals surface area (Å²) >= 11 is 12.4. The molecule has 1 aromatic carbocycles. The number of amides is 1. The Morgan fingerprint density at radius 2 is 2.00 bits per heavy atom. The minimum atomic E-state index is -0.333. The van der Waals surface area contributed by atoms with Gasteiger partial charge >= 0.3 is 0 Å². The molecule has 20 heavy (non-hydrogen) atoms. The van der Waals surface area contributed by atoms with Crippen molar-refractivity contribution in [1.29, 1.82) is 0 Å².